The highest BCUT2D eigenvalue weighted by Crippen LogP contribution is 2.17. The summed E-state index contributed by atoms with van der Waals surface area (Å²) in [7, 11) is 0. The van der Waals surface area contributed by atoms with Crippen LogP contribution in [0.4, 0.5) is 4.39 Å². The lowest BCUT2D eigenvalue weighted by Crippen LogP contribution is -2.30. The molecule has 0 unspecified atom stereocenters. The van der Waals surface area contributed by atoms with Crippen LogP contribution in [0.2, 0.25) is 0 Å². The lowest BCUT2D eigenvalue weighted by atomic mass is 10.1. The second kappa shape index (κ2) is 4.22. The summed E-state index contributed by atoms with van der Waals surface area (Å²) in [4.78, 5) is 13.4. The Labute approximate surface area is 93.5 Å². The summed E-state index contributed by atoms with van der Waals surface area (Å²) in [6.45, 7) is 2.61. The number of carbonyl (C=O) groups is 1. The summed E-state index contributed by atoms with van der Waals surface area (Å²) in [6.07, 6.45) is 0.0935. The Kier molecular flexibility index (Phi) is 2.92. The minimum atomic E-state index is -0.503. The highest BCUT2D eigenvalue weighted by Gasteiger charge is 2.26. The predicted octanol–water partition coefficient (Wildman–Crippen LogP) is 1.34. The van der Waals surface area contributed by atoms with Gasteiger partial charge in [0, 0.05) is 13.1 Å². The molecule has 2 rings (SSSR count). The van der Waals surface area contributed by atoms with Crippen molar-refractivity contribution < 1.29 is 14.3 Å². The number of likely N-dealkylation sites (tertiary alicyclic amines) is 1. The molecular weight excluding hydrogens is 209 g/mol. The van der Waals surface area contributed by atoms with Gasteiger partial charge in [0.2, 0.25) is 0 Å². The Morgan fingerprint density at radius 2 is 2.31 bits per heavy atom. The smallest absolute Gasteiger partial charge is 0.256 e. The van der Waals surface area contributed by atoms with Crippen LogP contribution in [0, 0.1) is 12.7 Å². The van der Waals surface area contributed by atoms with E-state index >= 15 is 0 Å². The fourth-order valence-electron chi connectivity index (χ4n) is 1.90. The van der Waals surface area contributed by atoms with Crippen LogP contribution in [0.3, 0.4) is 0 Å². The van der Waals surface area contributed by atoms with Gasteiger partial charge < -0.3 is 10.0 Å². The van der Waals surface area contributed by atoms with E-state index in [4.69, 9.17) is 0 Å². The highest BCUT2D eigenvalue weighted by atomic mass is 19.1. The number of aliphatic hydroxyl groups excluding tert-OH is 1. The van der Waals surface area contributed by atoms with Gasteiger partial charge in [0.05, 0.1) is 11.7 Å². The van der Waals surface area contributed by atoms with Crippen molar-refractivity contribution in [2.24, 2.45) is 0 Å². The molecule has 1 aromatic carbocycles. The van der Waals surface area contributed by atoms with Crippen molar-refractivity contribution in [1.82, 2.24) is 4.90 Å². The number of rotatable bonds is 1. The van der Waals surface area contributed by atoms with Crippen LogP contribution >= 0.6 is 0 Å². The number of benzene rings is 1. The fraction of sp³-hybridized carbons (Fsp3) is 0.417. The number of β-amino-alcohol motifs (C(OH)–C–C–N with tert-alkyl or cyclic N) is 1. The molecule has 1 aliphatic rings. The molecule has 1 heterocycles. The summed E-state index contributed by atoms with van der Waals surface area (Å²) in [5.74, 6) is -0.838. The number of aryl methyl sites for hydroxylation is 1. The topological polar surface area (TPSA) is 40.5 Å². The van der Waals surface area contributed by atoms with E-state index in [0.29, 0.717) is 19.5 Å². The van der Waals surface area contributed by atoms with Gasteiger partial charge in [-0.15, -0.1) is 0 Å². The molecule has 3 nitrogen and oxygen atoms in total. The zero-order chi connectivity index (χ0) is 11.7. The van der Waals surface area contributed by atoms with Crippen LogP contribution < -0.4 is 0 Å². The van der Waals surface area contributed by atoms with Gasteiger partial charge in [-0.05, 0) is 25.5 Å². The van der Waals surface area contributed by atoms with Gasteiger partial charge in [0.15, 0.2) is 0 Å². The third-order valence-corrected chi connectivity index (χ3v) is 2.80. The van der Waals surface area contributed by atoms with E-state index in [1.54, 1.807) is 12.1 Å². The van der Waals surface area contributed by atoms with Crippen LogP contribution in [-0.4, -0.2) is 35.1 Å². The second-order valence-electron chi connectivity index (χ2n) is 4.18. The van der Waals surface area contributed by atoms with Gasteiger partial charge in [-0.25, -0.2) is 4.39 Å². The Morgan fingerprint density at radius 1 is 1.56 bits per heavy atom. The summed E-state index contributed by atoms with van der Waals surface area (Å²) < 4.78 is 13.5. The third kappa shape index (κ3) is 2.07. The van der Waals surface area contributed by atoms with E-state index in [9.17, 15) is 14.3 Å². The first kappa shape index (κ1) is 11.1. The minimum absolute atomic E-state index is 0.0918. The molecule has 0 spiro atoms. The van der Waals surface area contributed by atoms with Gasteiger partial charge in [-0.1, -0.05) is 11.6 Å². The number of carbonyl (C=O) groups excluding carboxylic acids is 1. The largest absolute Gasteiger partial charge is 0.391 e. The monoisotopic (exact) mass is 223 g/mol. The number of hydrogen-bond donors (Lipinski definition) is 1. The number of amides is 1. The number of nitrogens with zero attached hydrogens (tertiary/aromatic N) is 1. The molecular formula is C12H14FNO2. The van der Waals surface area contributed by atoms with Crippen molar-refractivity contribution in [3.63, 3.8) is 0 Å². The van der Waals surface area contributed by atoms with E-state index < -0.39 is 11.9 Å². The minimum Gasteiger partial charge on any atom is -0.391 e. The van der Waals surface area contributed by atoms with Crippen LogP contribution in [0.1, 0.15) is 22.3 Å². The molecule has 0 aliphatic carbocycles. The van der Waals surface area contributed by atoms with Crippen molar-refractivity contribution in [3.05, 3.63) is 35.1 Å². The van der Waals surface area contributed by atoms with E-state index in [1.165, 1.54) is 11.0 Å². The first-order valence-corrected chi connectivity index (χ1v) is 5.31. The van der Waals surface area contributed by atoms with Crippen LogP contribution in [0.5, 0.6) is 0 Å². The molecule has 1 atom stereocenters. The van der Waals surface area contributed by atoms with Crippen molar-refractivity contribution in [2.75, 3.05) is 13.1 Å². The maximum absolute atomic E-state index is 13.5. The van der Waals surface area contributed by atoms with Gasteiger partial charge in [0.1, 0.15) is 5.82 Å². The first-order chi connectivity index (χ1) is 7.58. The molecule has 1 saturated heterocycles. The van der Waals surface area contributed by atoms with Crippen LogP contribution in [0.25, 0.3) is 0 Å². The summed E-state index contributed by atoms with van der Waals surface area (Å²) >= 11 is 0. The Morgan fingerprint density at radius 3 is 2.94 bits per heavy atom. The molecule has 0 saturated carbocycles. The standard InChI is InChI=1S/C12H14FNO2/c1-8-2-3-11(13)10(6-8)12(16)14-5-4-9(15)7-14/h2-3,6,9,15H,4-5,7H2,1H3/t9-/m1/s1. The second-order valence-corrected chi connectivity index (χ2v) is 4.18. The Bertz CT molecular complexity index is 419. The number of aliphatic hydroxyl groups is 1. The lowest BCUT2D eigenvalue weighted by Gasteiger charge is -2.16. The average molecular weight is 223 g/mol. The normalized spacial score (nSPS) is 20.2. The van der Waals surface area contributed by atoms with Crippen molar-refractivity contribution in [2.45, 2.75) is 19.4 Å². The number of hydrogen-bond acceptors (Lipinski definition) is 2. The van der Waals surface area contributed by atoms with Crippen LogP contribution in [-0.2, 0) is 0 Å². The summed E-state index contributed by atoms with van der Waals surface area (Å²) in [5.41, 5.74) is 0.943. The molecule has 1 amide bonds. The van der Waals surface area contributed by atoms with Crippen LogP contribution in [0.15, 0.2) is 18.2 Å². The van der Waals surface area contributed by atoms with E-state index in [-0.39, 0.29) is 11.5 Å². The molecule has 0 bridgehead atoms. The van der Waals surface area contributed by atoms with E-state index in [1.807, 2.05) is 6.92 Å². The molecule has 1 aliphatic heterocycles. The molecule has 1 fully saturated rings. The summed E-state index contributed by atoms with van der Waals surface area (Å²) in [6, 6.07) is 4.47. The zero-order valence-corrected chi connectivity index (χ0v) is 9.11. The first-order valence-electron chi connectivity index (χ1n) is 5.31. The van der Waals surface area contributed by atoms with Gasteiger partial charge in [0.25, 0.3) is 5.91 Å². The molecule has 4 heteroatoms. The van der Waals surface area contributed by atoms with Gasteiger partial charge in [-0.3, -0.25) is 4.79 Å². The molecule has 16 heavy (non-hydrogen) atoms. The van der Waals surface area contributed by atoms with Crippen molar-refractivity contribution >= 4 is 5.91 Å². The SMILES string of the molecule is Cc1ccc(F)c(C(=O)N2CC[C@@H](O)C2)c1. The highest BCUT2D eigenvalue weighted by molar-refractivity contribution is 5.94. The van der Waals surface area contributed by atoms with Crippen molar-refractivity contribution in [1.29, 1.82) is 0 Å². The third-order valence-electron chi connectivity index (χ3n) is 2.80. The van der Waals surface area contributed by atoms with Gasteiger partial charge >= 0.3 is 0 Å². The quantitative estimate of drug-likeness (QED) is 0.780. The molecule has 1 aromatic rings. The molecule has 0 radical (unpaired) electrons. The Hall–Kier alpha value is -1.42. The number of halogens is 1. The Balaban J connectivity index is 2.23. The summed E-state index contributed by atoms with van der Waals surface area (Å²) in [5, 5.41) is 9.33. The fourth-order valence-corrected chi connectivity index (χ4v) is 1.90. The lowest BCUT2D eigenvalue weighted by molar-refractivity contribution is 0.0760. The average Bonchev–Trinajstić information content (AvgIpc) is 2.67. The molecule has 1 N–H and O–H groups in total. The predicted molar refractivity (Wildman–Crippen MR) is 57.7 cm³/mol. The van der Waals surface area contributed by atoms with E-state index in [0.717, 1.165) is 5.56 Å². The van der Waals surface area contributed by atoms with Crippen molar-refractivity contribution in [3.8, 4) is 0 Å². The maximum atomic E-state index is 13.5. The zero-order valence-electron chi connectivity index (χ0n) is 9.11. The molecule has 0 aromatic heterocycles. The van der Waals surface area contributed by atoms with Gasteiger partial charge in [-0.2, -0.15) is 0 Å². The molecule has 86 valence electrons. The van der Waals surface area contributed by atoms with E-state index in [2.05, 4.69) is 0 Å². The maximum Gasteiger partial charge on any atom is 0.256 e.